The number of benzene rings is 1. The number of pyridine rings is 1. The largest absolute Gasteiger partial charge is 0.339 e. The van der Waals surface area contributed by atoms with Gasteiger partial charge in [-0.15, -0.1) is 11.3 Å². The highest BCUT2D eigenvalue weighted by Gasteiger charge is 2.21. The molecular weight excluding hydrogens is 384 g/mol. The lowest BCUT2D eigenvalue weighted by Crippen LogP contribution is -2.36. The van der Waals surface area contributed by atoms with Gasteiger partial charge in [0.15, 0.2) is 0 Å². The van der Waals surface area contributed by atoms with Crippen molar-refractivity contribution in [3.05, 3.63) is 65.4 Å². The Morgan fingerprint density at radius 1 is 1.07 bits per heavy atom. The number of nitrogens with zero attached hydrogens (tertiary/aromatic N) is 3. The molecule has 1 fully saturated rings. The molecule has 3 aromatic rings. The average Bonchev–Trinajstić information content (AvgIpc) is 3.23. The molecule has 1 aromatic carbocycles. The minimum atomic E-state index is -0.188. The summed E-state index contributed by atoms with van der Waals surface area (Å²) in [4.78, 5) is 36.0. The molecular formula is C22H22N4O2S. The molecule has 0 atom stereocenters. The van der Waals surface area contributed by atoms with Crippen LogP contribution in [0.5, 0.6) is 0 Å². The Bertz CT molecular complexity index is 997. The van der Waals surface area contributed by atoms with Gasteiger partial charge in [-0.3, -0.25) is 14.6 Å². The van der Waals surface area contributed by atoms with Gasteiger partial charge in [0.1, 0.15) is 5.01 Å². The van der Waals surface area contributed by atoms with Gasteiger partial charge in [0.2, 0.25) is 5.91 Å². The highest BCUT2D eigenvalue weighted by molar-refractivity contribution is 7.13. The molecule has 0 bridgehead atoms. The van der Waals surface area contributed by atoms with Gasteiger partial charge in [0.05, 0.1) is 23.4 Å². The number of likely N-dealkylation sites (tertiary alicyclic amines) is 1. The molecule has 4 rings (SSSR count). The van der Waals surface area contributed by atoms with E-state index < -0.39 is 0 Å². The van der Waals surface area contributed by atoms with E-state index >= 15 is 0 Å². The van der Waals surface area contributed by atoms with Gasteiger partial charge in [-0.1, -0.05) is 12.1 Å². The van der Waals surface area contributed by atoms with Crippen molar-refractivity contribution in [1.29, 1.82) is 0 Å². The standard InChI is InChI=1S/C22H22N4O2S/c27-20(13-17-15-29-21(24-17)16-7-6-10-23-14-16)25-19-9-3-2-8-18(19)22(28)26-11-4-1-5-12-26/h2-3,6-10,14-15H,1,4-5,11-13H2,(H,25,27). The summed E-state index contributed by atoms with van der Waals surface area (Å²) in [6.45, 7) is 1.55. The van der Waals surface area contributed by atoms with Gasteiger partial charge in [-0.25, -0.2) is 4.98 Å². The zero-order valence-corrected chi connectivity index (χ0v) is 16.8. The summed E-state index contributed by atoms with van der Waals surface area (Å²) in [7, 11) is 0. The molecule has 1 aliphatic heterocycles. The fourth-order valence-electron chi connectivity index (χ4n) is 3.41. The van der Waals surface area contributed by atoms with E-state index in [0.717, 1.165) is 42.9 Å². The third-order valence-electron chi connectivity index (χ3n) is 4.88. The predicted octanol–water partition coefficient (Wildman–Crippen LogP) is 4.01. The lowest BCUT2D eigenvalue weighted by Gasteiger charge is -2.27. The highest BCUT2D eigenvalue weighted by atomic mass is 32.1. The van der Waals surface area contributed by atoms with Gasteiger partial charge in [0.25, 0.3) is 5.91 Å². The van der Waals surface area contributed by atoms with E-state index in [2.05, 4.69) is 15.3 Å². The van der Waals surface area contributed by atoms with Crippen LogP contribution in [0.4, 0.5) is 5.69 Å². The molecule has 3 heterocycles. The maximum Gasteiger partial charge on any atom is 0.255 e. The number of hydrogen-bond acceptors (Lipinski definition) is 5. The van der Waals surface area contributed by atoms with Crippen LogP contribution in [-0.4, -0.2) is 39.8 Å². The van der Waals surface area contributed by atoms with Gasteiger partial charge in [0, 0.05) is 36.4 Å². The third kappa shape index (κ3) is 4.68. The summed E-state index contributed by atoms with van der Waals surface area (Å²) in [5.41, 5.74) is 2.72. The quantitative estimate of drug-likeness (QED) is 0.695. The number of carbonyl (C=O) groups is 2. The smallest absolute Gasteiger partial charge is 0.255 e. The van der Waals surface area contributed by atoms with Crippen LogP contribution < -0.4 is 5.32 Å². The first kappa shape index (κ1) is 19.3. The number of hydrogen-bond donors (Lipinski definition) is 1. The van der Waals surface area contributed by atoms with E-state index in [0.29, 0.717) is 16.9 Å². The molecule has 2 amide bonds. The molecule has 0 spiro atoms. The van der Waals surface area contributed by atoms with Crippen molar-refractivity contribution in [3.63, 3.8) is 0 Å². The van der Waals surface area contributed by atoms with Crippen molar-refractivity contribution in [3.8, 4) is 10.6 Å². The molecule has 148 valence electrons. The first-order valence-corrected chi connectivity index (χ1v) is 10.6. The Balaban J connectivity index is 1.44. The van der Waals surface area contributed by atoms with Crippen molar-refractivity contribution < 1.29 is 9.59 Å². The summed E-state index contributed by atoms with van der Waals surface area (Å²) < 4.78 is 0. The van der Waals surface area contributed by atoms with Crippen LogP contribution in [0.3, 0.4) is 0 Å². The van der Waals surface area contributed by atoms with Crippen LogP contribution >= 0.6 is 11.3 Å². The molecule has 2 aromatic heterocycles. The summed E-state index contributed by atoms with van der Waals surface area (Å²) in [5, 5.41) is 5.61. The zero-order valence-electron chi connectivity index (χ0n) is 16.0. The monoisotopic (exact) mass is 406 g/mol. The van der Waals surface area contributed by atoms with E-state index in [1.807, 2.05) is 34.5 Å². The second kappa shape index (κ2) is 8.96. The lowest BCUT2D eigenvalue weighted by molar-refractivity contribution is -0.115. The minimum absolute atomic E-state index is 0.0203. The van der Waals surface area contributed by atoms with Crippen molar-refractivity contribution in [2.45, 2.75) is 25.7 Å². The molecule has 7 heteroatoms. The first-order chi connectivity index (χ1) is 14.2. The number of anilines is 1. The zero-order chi connectivity index (χ0) is 20.1. The fraction of sp³-hybridized carbons (Fsp3) is 0.273. The number of thiazole rings is 1. The molecule has 0 unspecified atom stereocenters. The van der Waals surface area contributed by atoms with Gasteiger partial charge < -0.3 is 10.2 Å². The Hall–Kier alpha value is -3.06. The van der Waals surface area contributed by atoms with Crippen LogP contribution in [0, 0.1) is 0 Å². The van der Waals surface area contributed by atoms with E-state index in [1.165, 1.54) is 11.3 Å². The van der Waals surface area contributed by atoms with Gasteiger partial charge in [-0.2, -0.15) is 0 Å². The van der Waals surface area contributed by atoms with Crippen molar-refractivity contribution in [2.75, 3.05) is 18.4 Å². The number of amides is 2. The summed E-state index contributed by atoms with van der Waals surface area (Å²) in [5.74, 6) is -0.208. The highest BCUT2D eigenvalue weighted by Crippen LogP contribution is 2.24. The molecule has 29 heavy (non-hydrogen) atoms. The van der Waals surface area contributed by atoms with Crippen LogP contribution in [0.25, 0.3) is 10.6 Å². The second-order valence-corrected chi connectivity index (χ2v) is 7.87. The van der Waals surface area contributed by atoms with Gasteiger partial charge >= 0.3 is 0 Å². The van der Waals surface area contributed by atoms with Crippen LogP contribution in [-0.2, 0) is 11.2 Å². The number of para-hydroxylation sites is 1. The van der Waals surface area contributed by atoms with E-state index in [4.69, 9.17) is 0 Å². The Kier molecular flexibility index (Phi) is 5.95. The fourth-order valence-corrected chi connectivity index (χ4v) is 4.23. The van der Waals surface area contributed by atoms with Crippen molar-refractivity contribution in [1.82, 2.24) is 14.9 Å². The summed E-state index contributed by atoms with van der Waals surface area (Å²) in [6.07, 6.45) is 6.85. The first-order valence-electron chi connectivity index (χ1n) is 9.73. The molecule has 0 radical (unpaired) electrons. The van der Waals surface area contributed by atoms with Crippen LogP contribution in [0.1, 0.15) is 35.3 Å². The molecule has 1 N–H and O–H groups in total. The van der Waals surface area contributed by atoms with E-state index in [1.54, 1.807) is 24.5 Å². The summed E-state index contributed by atoms with van der Waals surface area (Å²) in [6, 6.07) is 11.0. The molecule has 0 saturated carbocycles. The molecule has 0 aliphatic carbocycles. The van der Waals surface area contributed by atoms with Gasteiger partial charge in [-0.05, 0) is 43.5 Å². The maximum absolute atomic E-state index is 12.9. The Morgan fingerprint density at radius 3 is 2.69 bits per heavy atom. The summed E-state index contributed by atoms with van der Waals surface area (Å²) >= 11 is 1.49. The predicted molar refractivity (Wildman–Crippen MR) is 114 cm³/mol. The molecule has 6 nitrogen and oxygen atoms in total. The van der Waals surface area contributed by atoms with Crippen molar-refractivity contribution >= 4 is 28.8 Å². The Morgan fingerprint density at radius 2 is 1.90 bits per heavy atom. The SMILES string of the molecule is O=C(Cc1csc(-c2cccnc2)n1)Nc1ccccc1C(=O)N1CCCCC1. The number of aromatic nitrogens is 2. The van der Waals surface area contributed by atoms with Crippen molar-refractivity contribution in [2.24, 2.45) is 0 Å². The minimum Gasteiger partial charge on any atom is -0.339 e. The number of rotatable bonds is 5. The van der Waals surface area contributed by atoms with Crippen LogP contribution in [0.15, 0.2) is 54.2 Å². The Labute approximate surface area is 173 Å². The van der Waals surface area contributed by atoms with E-state index in [9.17, 15) is 9.59 Å². The number of piperidine rings is 1. The number of nitrogens with one attached hydrogen (secondary N) is 1. The normalized spacial score (nSPS) is 13.9. The topological polar surface area (TPSA) is 75.2 Å². The maximum atomic E-state index is 12.9. The average molecular weight is 407 g/mol. The lowest BCUT2D eigenvalue weighted by atomic mass is 10.1. The third-order valence-corrected chi connectivity index (χ3v) is 5.82. The second-order valence-electron chi connectivity index (χ2n) is 7.01. The molecule has 1 saturated heterocycles. The van der Waals surface area contributed by atoms with E-state index in [-0.39, 0.29) is 18.2 Å². The van der Waals surface area contributed by atoms with Crippen LogP contribution in [0.2, 0.25) is 0 Å². The number of carbonyl (C=O) groups excluding carboxylic acids is 2. The molecule has 1 aliphatic rings.